The second kappa shape index (κ2) is 6.39. The first-order valence-electron chi connectivity index (χ1n) is 8.15. The Morgan fingerprint density at radius 3 is 2.96 bits per heavy atom. The van der Waals surface area contributed by atoms with Gasteiger partial charge in [0.1, 0.15) is 11.6 Å². The van der Waals surface area contributed by atoms with Gasteiger partial charge in [0, 0.05) is 30.1 Å². The summed E-state index contributed by atoms with van der Waals surface area (Å²) >= 11 is 0. The molecule has 0 bridgehead atoms. The van der Waals surface area contributed by atoms with Crippen LogP contribution in [0.5, 0.6) is 0 Å². The Balaban J connectivity index is 1.35. The van der Waals surface area contributed by atoms with Crippen LogP contribution >= 0.6 is 0 Å². The molecule has 0 saturated carbocycles. The summed E-state index contributed by atoms with van der Waals surface area (Å²) in [5, 5.41) is 3.97. The van der Waals surface area contributed by atoms with Gasteiger partial charge >= 0.3 is 0 Å². The first kappa shape index (κ1) is 15.4. The van der Waals surface area contributed by atoms with Crippen molar-refractivity contribution in [3.05, 3.63) is 65.9 Å². The number of carbonyl (C=O) groups is 1. The monoisotopic (exact) mass is 336 g/mol. The van der Waals surface area contributed by atoms with E-state index in [2.05, 4.69) is 20.3 Å². The van der Waals surface area contributed by atoms with Gasteiger partial charge in [-0.3, -0.25) is 4.79 Å². The molecule has 2 heterocycles. The van der Waals surface area contributed by atoms with Crippen LogP contribution in [-0.4, -0.2) is 27.4 Å². The number of H-pyrrole nitrogens is 2. The van der Waals surface area contributed by atoms with E-state index in [4.69, 9.17) is 0 Å². The summed E-state index contributed by atoms with van der Waals surface area (Å²) < 4.78 is 13.2. The standard InChI is InChI=1S/C19H17FN4O/c20-13-5-6-16-17(10-13)24-18(23-16)7-8-21-19(25)9-12-11-22-15-4-2-1-3-14(12)15/h1-6,10-11,22H,7-9H2,(H,21,25)(H,23,24). The van der Waals surface area contributed by atoms with Crippen LogP contribution in [0.25, 0.3) is 21.9 Å². The number of hydrogen-bond donors (Lipinski definition) is 3. The number of benzene rings is 2. The summed E-state index contributed by atoms with van der Waals surface area (Å²) in [6.07, 6.45) is 2.77. The fourth-order valence-corrected chi connectivity index (χ4v) is 2.99. The average molecular weight is 336 g/mol. The van der Waals surface area contributed by atoms with E-state index >= 15 is 0 Å². The number of hydrogen-bond acceptors (Lipinski definition) is 2. The molecule has 25 heavy (non-hydrogen) atoms. The molecule has 5 nitrogen and oxygen atoms in total. The molecular formula is C19H17FN4O. The van der Waals surface area contributed by atoms with Crippen molar-refractivity contribution in [1.29, 1.82) is 0 Å². The molecule has 2 aromatic heterocycles. The third kappa shape index (κ3) is 3.24. The van der Waals surface area contributed by atoms with Crippen LogP contribution in [0.4, 0.5) is 4.39 Å². The molecular weight excluding hydrogens is 319 g/mol. The van der Waals surface area contributed by atoms with Gasteiger partial charge in [-0.2, -0.15) is 0 Å². The fourth-order valence-electron chi connectivity index (χ4n) is 2.99. The normalized spacial score (nSPS) is 11.2. The van der Waals surface area contributed by atoms with Gasteiger partial charge in [-0.1, -0.05) is 18.2 Å². The number of halogens is 1. The number of aromatic amines is 2. The Bertz CT molecular complexity index is 1050. The Morgan fingerprint density at radius 2 is 2.04 bits per heavy atom. The van der Waals surface area contributed by atoms with Crippen LogP contribution < -0.4 is 5.32 Å². The van der Waals surface area contributed by atoms with Gasteiger partial charge in [0.15, 0.2) is 0 Å². The van der Waals surface area contributed by atoms with Crippen molar-refractivity contribution in [3.63, 3.8) is 0 Å². The number of para-hydroxylation sites is 1. The number of nitrogens with one attached hydrogen (secondary N) is 3. The number of amides is 1. The quantitative estimate of drug-likeness (QED) is 0.524. The molecule has 0 saturated heterocycles. The molecule has 0 unspecified atom stereocenters. The van der Waals surface area contributed by atoms with Crippen LogP contribution in [0.3, 0.4) is 0 Å². The first-order chi connectivity index (χ1) is 12.2. The smallest absolute Gasteiger partial charge is 0.224 e. The highest BCUT2D eigenvalue weighted by Crippen LogP contribution is 2.18. The molecule has 0 atom stereocenters. The maximum Gasteiger partial charge on any atom is 0.224 e. The Hall–Kier alpha value is -3.15. The van der Waals surface area contributed by atoms with E-state index in [9.17, 15) is 9.18 Å². The Morgan fingerprint density at radius 1 is 1.16 bits per heavy atom. The van der Waals surface area contributed by atoms with Gasteiger partial charge in [-0.15, -0.1) is 0 Å². The predicted molar refractivity (Wildman–Crippen MR) is 94.8 cm³/mol. The number of fused-ring (bicyclic) bond motifs is 2. The second-order valence-corrected chi connectivity index (χ2v) is 5.98. The highest BCUT2D eigenvalue weighted by molar-refractivity contribution is 5.88. The van der Waals surface area contributed by atoms with Gasteiger partial charge in [0.2, 0.25) is 5.91 Å². The lowest BCUT2D eigenvalue weighted by molar-refractivity contribution is -0.120. The van der Waals surface area contributed by atoms with Crippen molar-refractivity contribution < 1.29 is 9.18 Å². The zero-order chi connectivity index (χ0) is 17.2. The van der Waals surface area contributed by atoms with E-state index in [-0.39, 0.29) is 11.7 Å². The second-order valence-electron chi connectivity index (χ2n) is 5.98. The molecule has 6 heteroatoms. The van der Waals surface area contributed by atoms with E-state index in [0.29, 0.717) is 24.9 Å². The summed E-state index contributed by atoms with van der Waals surface area (Å²) in [6.45, 7) is 0.476. The van der Waals surface area contributed by atoms with E-state index in [0.717, 1.165) is 27.8 Å². The van der Waals surface area contributed by atoms with Crippen molar-refractivity contribution in [3.8, 4) is 0 Å². The lowest BCUT2D eigenvalue weighted by Crippen LogP contribution is -2.27. The lowest BCUT2D eigenvalue weighted by atomic mass is 10.1. The Labute approximate surface area is 143 Å². The molecule has 0 radical (unpaired) electrons. The minimum absolute atomic E-state index is 0.0353. The largest absolute Gasteiger partial charge is 0.361 e. The molecule has 4 rings (SSSR count). The molecule has 4 aromatic rings. The van der Waals surface area contributed by atoms with Gasteiger partial charge in [0.05, 0.1) is 17.5 Å². The molecule has 0 fully saturated rings. The van der Waals surface area contributed by atoms with Crippen LogP contribution in [-0.2, 0) is 17.6 Å². The number of rotatable bonds is 5. The van der Waals surface area contributed by atoms with Gasteiger partial charge in [-0.05, 0) is 29.8 Å². The van der Waals surface area contributed by atoms with Crippen molar-refractivity contribution in [2.24, 2.45) is 0 Å². The highest BCUT2D eigenvalue weighted by atomic mass is 19.1. The van der Waals surface area contributed by atoms with E-state index < -0.39 is 0 Å². The van der Waals surface area contributed by atoms with Gasteiger partial charge in [0.25, 0.3) is 0 Å². The Kier molecular flexibility index (Phi) is 3.93. The van der Waals surface area contributed by atoms with Crippen molar-refractivity contribution in [1.82, 2.24) is 20.3 Å². The number of aromatic nitrogens is 3. The van der Waals surface area contributed by atoms with Crippen LogP contribution in [0, 0.1) is 5.82 Å². The molecule has 1 amide bonds. The summed E-state index contributed by atoms with van der Waals surface area (Å²) in [5.74, 6) is 0.398. The van der Waals surface area contributed by atoms with Crippen molar-refractivity contribution in [2.75, 3.05) is 6.54 Å². The third-order valence-corrected chi connectivity index (χ3v) is 4.20. The van der Waals surface area contributed by atoms with E-state index in [1.54, 1.807) is 6.07 Å². The minimum Gasteiger partial charge on any atom is -0.361 e. The predicted octanol–water partition coefficient (Wildman–Crippen LogP) is 3.08. The number of imidazole rings is 1. The highest BCUT2D eigenvalue weighted by Gasteiger charge is 2.09. The molecule has 0 aliphatic rings. The molecule has 3 N–H and O–H groups in total. The van der Waals surface area contributed by atoms with Crippen LogP contribution in [0.1, 0.15) is 11.4 Å². The van der Waals surface area contributed by atoms with Gasteiger partial charge in [-0.25, -0.2) is 9.37 Å². The van der Waals surface area contributed by atoms with Crippen molar-refractivity contribution in [2.45, 2.75) is 12.8 Å². The lowest BCUT2D eigenvalue weighted by Gasteiger charge is -2.03. The zero-order valence-corrected chi connectivity index (χ0v) is 13.5. The summed E-state index contributed by atoms with van der Waals surface area (Å²) in [7, 11) is 0. The van der Waals surface area contributed by atoms with Crippen LogP contribution in [0.2, 0.25) is 0 Å². The number of nitrogens with zero attached hydrogens (tertiary/aromatic N) is 1. The molecule has 0 aliphatic heterocycles. The minimum atomic E-state index is -0.297. The van der Waals surface area contributed by atoms with E-state index in [1.165, 1.54) is 12.1 Å². The van der Waals surface area contributed by atoms with E-state index in [1.807, 2.05) is 30.5 Å². The number of carbonyl (C=O) groups excluding carboxylic acids is 1. The molecule has 2 aromatic carbocycles. The summed E-state index contributed by atoms with van der Waals surface area (Å²) in [5.41, 5.74) is 3.40. The zero-order valence-electron chi connectivity index (χ0n) is 13.5. The average Bonchev–Trinajstić information content (AvgIpc) is 3.18. The van der Waals surface area contributed by atoms with Crippen molar-refractivity contribution >= 4 is 27.8 Å². The molecule has 0 spiro atoms. The van der Waals surface area contributed by atoms with Gasteiger partial charge < -0.3 is 15.3 Å². The SMILES string of the molecule is O=C(Cc1c[nH]c2ccccc12)NCCc1nc2ccc(F)cc2[nH]1. The summed E-state index contributed by atoms with van der Waals surface area (Å²) in [4.78, 5) is 22.8. The first-order valence-corrected chi connectivity index (χ1v) is 8.15. The molecule has 126 valence electrons. The van der Waals surface area contributed by atoms with Crippen LogP contribution in [0.15, 0.2) is 48.7 Å². The third-order valence-electron chi connectivity index (χ3n) is 4.20. The maximum absolute atomic E-state index is 13.2. The fraction of sp³-hybridized carbons (Fsp3) is 0.158. The maximum atomic E-state index is 13.2. The topological polar surface area (TPSA) is 73.6 Å². The molecule has 0 aliphatic carbocycles. The summed E-state index contributed by atoms with van der Waals surface area (Å²) in [6, 6.07) is 12.4.